The molecule has 0 aliphatic heterocycles. The SMILES string of the molecule is Cc1ccc(-c2cc3ccccc3o2)c(N)c1N. The summed E-state index contributed by atoms with van der Waals surface area (Å²) in [6, 6.07) is 13.8. The number of hydrogen-bond donors (Lipinski definition) is 2. The molecule has 4 N–H and O–H groups in total. The van der Waals surface area contributed by atoms with Gasteiger partial charge in [0.05, 0.1) is 11.4 Å². The molecular formula is C15H14N2O. The molecule has 0 radical (unpaired) electrons. The van der Waals surface area contributed by atoms with E-state index in [-0.39, 0.29) is 0 Å². The quantitative estimate of drug-likeness (QED) is 0.637. The number of fused-ring (bicyclic) bond motifs is 1. The zero-order chi connectivity index (χ0) is 12.7. The van der Waals surface area contributed by atoms with Crippen LogP contribution < -0.4 is 11.5 Å². The van der Waals surface area contributed by atoms with Gasteiger partial charge >= 0.3 is 0 Å². The van der Waals surface area contributed by atoms with Crippen molar-refractivity contribution in [2.24, 2.45) is 0 Å². The number of furan rings is 1. The molecule has 90 valence electrons. The van der Waals surface area contributed by atoms with Crippen molar-refractivity contribution in [1.82, 2.24) is 0 Å². The van der Waals surface area contributed by atoms with Crippen LogP contribution in [0.4, 0.5) is 11.4 Å². The Hall–Kier alpha value is -2.42. The van der Waals surface area contributed by atoms with Crippen molar-refractivity contribution >= 4 is 22.3 Å². The fourth-order valence-corrected chi connectivity index (χ4v) is 2.07. The van der Waals surface area contributed by atoms with Crippen molar-refractivity contribution < 1.29 is 4.42 Å². The Morgan fingerprint density at radius 2 is 1.72 bits per heavy atom. The maximum absolute atomic E-state index is 6.05. The minimum absolute atomic E-state index is 0.578. The number of rotatable bonds is 1. The Bertz CT molecular complexity index is 695. The van der Waals surface area contributed by atoms with E-state index in [2.05, 4.69) is 0 Å². The van der Waals surface area contributed by atoms with Gasteiger partial charge in [0.1, 0.15) is 11.3 Å². The highest BCUT2D eigenvalue weighted by molar-refractivity contribution is 5.89. The predicted octanol–water partition coefficient (Wildman–Crippen LogP) is 3.57. The topological polar surface area (TPSA) is 65.2 Å². The molecule has 1 aromatic heterocycles. The Kier molecular flexibility index (Phi) is 2.27. The average Bonchev–Trinajstić information content (AvgIpc) is 2.79. The average molecular weight is 238 g/mol. The standard InChI is InChI=1S/C15H14N2O/c1-9-6-7-11(15(17)14(9)16)13-8-10-4-2-3-5-12(10)18-13/h2-8H,16-17H2,1H3. The predicted molar refractivity (Wildman–Crippen MR) is 75.2 cm³/mol. The molecule has 0 aliphatic carbocycles. The first-order valence-corrected chi connectivity index (χ1v) is 5.80. The first-order chi connectivity index (χ1) is 8.66. The van der Waals surface area contributed by atoms with E-state index in [1.54, 1.807) is 0 Å². The van der Waals surface area contributed by atoms with Gasteiger partial charge in [-0.25, -0.2) is 0 Å². The van der Waals surface area contributed by atoms with Crippen LogP contribution in [0.5, 0.6) is 0 Å². The fraction of sp³-hybridized carbons (Fsp3) is 0.0667. The summed E-state index contributed by atoms with van der Waals surface area (Å²) in [5.41, 5.74) is 15.9. The van der Waals surface area contributed by atoms with Gasteiger partial charge in [-0.2, -0.15) is 0 Å². The minimum Gasteiger partial charge on any atom is -0.456 e. The van der Waals surface area contributed by atoms with Crippen LogP contribution in [0.1, 0.15) is 5.56 Å². The van der Waals surface area contributed by atoms with E-state index in [9.17, 15) is 0 Å². The van der Waals surface area contributed by atoms with Crippen molar-refractivity contribution in [1.29, 1.82) is 0 Å². The summed E-state index contributed by atoms with van der Waals surface area (Å²) < 4.78 is 5.79. The van der Waals surface area contributed by atoms with E-state index in [1.165, 1.54) is 0 Å². The lowest BCUT2D eigenvalue weighted by molar-refractivity contribution is 0.632. The molecule has 1 heterocycles. The van der Waals surface area contributed by atoms with Crippen LogP contribution in [0.15, 0.2) is 46.9 Å². The molecule has 18 heavy (non-hydrogen) atoms. The van der Waals surface area contributed by atoms with Crippen molar-refractivity contribution in [2.45, 2.75) is 6.92 Å². The normalized spacial score (nSPS) is 10.9. The summed E-state index contributed by atoms with van der Waals surface area (Å²) in [6.45, 7) is 1.94. The van der Waals surface area contributed by atoms with Gasteiger partial charge in [0, 0.05) is 10.9 Å². The first-order valence-electron chi connectivity index (χ1n) is 5.80. The number of aryl methyl sites for hydroxylation is 1. The Morgan fingerprint density at radius 1 is 0.944 bits per heavy atom. The maximum Gasteiger partial charge on any atom is 0.137 e. The summed E-state index contributed by atoms with van der Waals surface area (Å²) in [5.74, 6) is 0.750. The lowest BCUT2D eigenvalue weighted by atomic mass is 10.1. The molecule has 0 unspecified atom stereocenters. The highest BCUT2D eigenvalue weighted by Gasteiger charge is 2.11. The van der Waals surface area contributed by atoms with Gasteiger partial charge in [-0.1, -0.05) is 24.3 Å². The molecule has 0 amide bonds. The molecule has 3 rings (SSSR count). The van der Waals surface area contributed by atoms with Crippen molar-refractivity contribution in [2.75, 3.05) is 11.5 Å². The van der Waals surface area contributed by atoms with Crippen LogP contribution in [0.25, 0.3) is 22.3 Å². The number of nitrogens with two attached hydrogens (primary N) is 2. The molecule has 2 aromatic carbocycles. The monoisotopic (exact) mass is 238 g/mol. The minimum atomic E-state index is 0.578. The van der Waals surface area contributed by atoms with Gasteiger partial charge < -0.3 is 15.9 Å². The second kappa shape index (κ2) is 3.81. The maximum atomic E-state index is 6.05. The third-order valence-corrected chi connectivity index (χ3v) is 3.20. The number of nitrogen functional groups attached to an aromatic ring is 2. The molecular weight excluding hydrogens is 224 g/mol. The lowest BCUT2D eigenvalue weighted by Crippen LogP contribution is -1.99. The molecule has 0 saturated carbocycles. The highest BCUT2D eigenvalue weighted by atomic mass is 16.3. The van der Waals surface area contributed by atoms with Crippen LogP contribution in [0.2, 0.25) is 0 Å². The highest BCUT2D eigenvalue weighted by Crippen LogP contribution is 2.35. The third kappa shape index (κ3) is 1.52. The van der Waals surface area contributed by atoms with Crippen LogP contribution in [0.3, 0.4) is 0 Å². The second-order valence-electron chi connectivity index (χ2n) is 4.41. The number of anilines is 2. The van der Waals surface area contributed by atoms with Gasteiger partial charge in [0.15, 0.2) is 0 Å². The van der Waals surface area contributed by atoms with Gasteiger partial charge in [0.25, 0.3) is 0 Å². The Labute approximate surface area is 105 Å². The molecule has 3 aromatic rings. The summed E-state index contributed by atoms with van der Waals surface area (Å²) >= 11 is 0. The molecule has 3 heteroatoms. The summed E-state index contributed by atoms with van der Waals surface area (Å²) in [5, 5.41) is 1.06. The van der Waals surface area contributed by atoms with Crippen LogP contribution >= 0.6 is 0 Å². The number of benzene rings is 2. The van der Waals surface area contributed by atoms with Crippen molar-refractivity contribution in [3.05, 3.63) is 48.0 Å². The van der Waals surface area contributed by atoms with E-state index in [1.807, 2.05) is 49.4 Å². The van der Waals surface area contributed by atoms with Gasteiger partial charge in [-0.3, -0.25) is 0 Å². The lowest BCUT2D eigenvalue weighted by Gasteiger charge is -2.08. The van der Waals surface area contributed by atoms with E-state index in [4.69, 9.17) is 15.9 Å². The van der Waals surface area contributed by atoms with Gasteiger partial charge in [-0.05, 0) is 30.7 Å². The smallest absolute Gasteiger partial charge is 0.137 e. The van der Waals surface area contributed by atoms with E-state index in [0.717, 1.165) is 27.9 Å². The van der Waals surface area contributed by atoms with E-state index in [0.29, 0.717) is 11.4 Å². The van der Waals surface area contributed by atoms with Gasteiger partial charge in [-0.15, -0.1) is 0 Å². The molecule has 0 atom stereocenters. The number of para-hydroxylation sites is 1. The van der Waals surface area contributed by atoms with Crippen LogP contribution in [0, 0.1) is 6.92 Å². The number of hydrogen-bond acceptors (Lipinski definition) is 3. The molecule has 0 saturated heterocycles. The molecule has 0 bridgehead atoms. The zero-order valence-corrected chi connectivity index (χ0v) is 10.1. The largest absolute Gasteiger partial charge is 0.456 e. The summed E-state index contributed by atoms with van der Waals surface area (Å²) in [6.07, 6.45) is 0. The van der Waals surface area contributed by atoms with Crippen molar-refractivity contribution in [3.8, 4) is 11.3 Å². The zero-order valence-electron chi connectivity index (χ0n) is 10.1. The van der Waals surface area contributed by atoms with E-state index >= 15 is 0 Å². The van der Waals surface area contributed by atoms with Crippen LogP contribution in [-0.2, 0) is 0 Å². The summed E-state index contributed by atoms with van der Waals surface area (Å²) in [4.78, 5) is 0. The fourth-order valence-electron chi connectivity index (χ4n) is 2.07. The second-order valence-corrected chi connectivity index (χ2v) is 4.41. The first kappa shape index (κ1) is 10.7. The Morgan fingerprint density at radius 3 is 2.50 bits per heavy atom. The molecule has 3 nitrogen and oxygen atoms in total. The molecule has 0 fully saturated rings. The van der Waals surface area contributed by atoms with E-state index < -0.39 is 0 Å². The molecule has 0 spiro atoms. The molecule has 0 aliphatic rings. The summed E-state index contributed by atoms with van der Waals surface area (Å²) in [7, 11) is 0. The Balaban J connectivity index is 2.23. The van der Waals surface area contributed by atoms with Crippen LogP contribution in [-0.4, -0.2) is 0 Å². The van der Waals surface area contributed by atoms with Crippen molar-refractivity contribution in [3.63, 3.8) is 0 Å². The van der Waals surface area contributed by atoms with Gasteiger partial charge in [0.2, 0.25) is 0 Å². The third-order valence-electron chi connectivity index (χ3n) is 3.20.